The second-order valence-electron chi connectivity index (χ2n) is 5.73. The Kier molecular flexibility index (Phi) is 4.75. The molecule has 2 aromatic rings. The van der Waals surface area contributed by atoms with E-state index in [2.05, 4.69) is 36.1 Å². The third-order valence-electron chi connectivity index (χ3n) is 2.76. The van der Waals surface area contributed by atoms with E-state index >= 15 is 0 Å². The zero-order valence-electron chi connectivity index (χ0n) is 12.9. The molecule has 0 radical (unpaired) electrons. The van der Waals surface area contributed by atoms with Crippen LogP contribution in [0.25, 0.3) is 0 Å². The van der Waals surface area contributed by atoms with E-state index in [-0.39, 0.29) is 5.54 Å². The van der Waals surface area contributed by atoms with Gasteiger partial charge in [-0.2, -0.15) is 0 Å². The molecule has 2 rings (SSSR count). The molecule has 0 aliphatic carbocycles. The summed E-state index contributed by atoms with van der Waals surface area (Å²) in [6.07, 6.45) is 3.35. The highest BCUT2D eigenvalue weighted by molar-refractivity contribution is 5.33. The lowest BCUT2D eigenvalue weighted by Crippen LogP contribution is -2.35. The first kappa shape index (κ1) is 15.3. The minimum atomic E-state index is 0.0555. The van der Waals surface area contributed by atoms with Crippen LogP contribution in [-0.4, -0.2) is 22.6 Å². The summed E-state index contributed by atoms with van der Waals surface area (Å²) in [6.45, 7) is 7.02. The third kappa shape index (κ3) is 5.04. The highest BCUT2D eigenvalue weighted by Gasteiger charge is 2.09. The van der Waals surface area contributed by atoms with Gasteiger partial charge in [0.25, 0.3) is 0 Å². The molecule has 1 N–H and O–H groups in total. The number of ether oxygens (including phenoxy) is 2. The summed E-state index contributed by atoms with van der Waals surface area (Å²) in [5.41, 5.74) is 0.937. The number of aromatic nitrogens is 2. The van der Waals surface area contributed by atoms with Crippen LogP contribution in [0.3, 0.4) is 0 Å². The fourth-order valence-corrected chi connectivity index (χ4v) is 1.61. The molecule has 112 valence electrons. The minimum absolute atomic E-state index is 0.0555. The summed E-state index contributed by atoms with van der Waals surface area (Å²) >= 11 is 0. The molecule has 21 heavy (non-hydrogen) atoms. The lowest BCUT2D eigenvalue weighted by atomic mass is 10.1. The van der Waals surface area contributed by atoms with Crippen molar-refractivity contribution in [3.8, 4) is 17.4 Å². The molecule has 0 atom stereocenters. The normalized spacial score (nSPS) is 11.2. The van der Waals surface area contributed by atoms with E-state index in [9.17, 15) is 0 Å². The van der Waals surface area contributed by atoms with E-state index in [1.165, 1.54) is 0 Å². The first-order valence-corrected chi connectivity index (χ1v) is 6.84. The zero-order valence-corrected chi connectivity index (χ0v) is 12.9. The molecule has 0 bridgehead atoms. The van der Waals surface area contributed by atoms with E-state index in [1.807, 2.05) is 24.3 Å². The standard InChI is InChI=1S/C16H21N3O2/c1-16(2,3)19-10-12-9-18-15(11-17-12)21-14-7-5-13(20-4)6-8-14/h5-9,11,19H,10H2,1-4H3. The molecule has 0 amide bonds. The molecule has 1 heterocycles. The second-order valence-corrected chi connectivity index (χ2v) is 5.73. The Morgan fingerprint density at radius 2 is 1.67 bits per heavy atom. The maximum atomic E-state index is 5.63. The highest BCUT2D eigenvalue weighted by atomic mass is 16.5. The van der Waals surface area contributed by atoms with Crippen LogP contribution in [0, 0.1) is 0 Å². The molecule has 0 aliphatic rings. The Labute approximate surface area is 125 Å². The van der Waals surface area contributed by atoms with Gasteiger partial charge in [-0.25, -0.2) is 4.98 Å². The van der Waals surface area contributed by atoms with Gasteiger partial charge in [-0.05, 0) is 45.0 Å². The molecule has 0 aliphatic heterocycles. The zero-order chi connectivity index (χ0) is 15.3. The molecule has 1 aromatic heterocycles. The van der Waals surface area contributed by atoms with Gasteiger partial charge in [-0.1, -0.05) is 0 Å². The van der Waals surface area contributed by atoms with Crippen molar-refractivity contribution in [1.29, 1.82) is 0 Å². The molecule has 0 unspecified atom stereocenters. The maximum Gasteiger partial charge on any atom is 0.237 e. The Morgan fingerprint density at radius 3 is 2.19 bits per heavy atom. The van der Waals surface area contributed by atoms with Crippen LogP contribution < -0.4 is 14.8 Å². The predicted octanol–water partition coefficient (Wildman–Crippen LogP) is 3.17. The average Bonchev–Trinajstić information content (AvgIpc) is 2.46. The number of methoxy groups -OCH3 is 1. The van der Waals surface area contributed by atoms with E-state index in [4.69, 9.17) is 9.47 Å². The van der Waals surface area contributed by atoms with Gasteiger partial charge in [0.15, 0.2) is 0 Å². The summed E-state index contributed by atoms with van der Waals surface area (Å²) in [5, 5.41) is 3.36. The van der Waals surface area contributed by atoms with Crippen molar-refractivity contribution in [3.05, 3.63) is 42.4 Å². The molecule has 0 saturated heterocycles. The molecular formula is C16H21N3O2. The molecule has 0 fully saturated rings. The van der Waals surface area contributed by atoms with Crippen LogP contribution in [0.2, 0.25) is 0 Å². The molecule has 0 saturated carbocycles. The number of nitrogens with zero attached hydrogens (tertiary/aromatic N) is 2. The predicted molar refractivity (Wildman–Crippen MR) is 81.7 cm³/mol. The van der Waals surface area contributed by atoms with Gasteiger partial charge >= 0.3 is 0 Å². The molecule has 5 nitrogen and oxygen atoms in total. The second kappa shape index (κ2) is 6.54. The monoisotopic (exact) mass is 287 g/mol. The smallest absolute Gasteiger partial charge is 0.237 e. The van der Waals surface area contributed by atoms with Gasteiger partial charge in [-0.15, -0.1) is 0 Å². The lowest BCUT2D eigenvalue weighted by molar-refractivity contribution is 0.411. The van der Waals surface area contributed by atoms with Crippen molar-refractivity contribution in [2.45, 2.75) is 32.9 Å². The first-order chi connectivity index (χ1) is 9.96. The Bertz CT molecular complexity index is 560. The molecule has 5 heteroatoms. The van der Waals surface area contributed by atoms with Crippen LogP contribution in [0.5, 0.6) is 17.4 Å². The van der Waals surface area contributed by atoms with E-state index in [0.717, 1.165) is 11.4 Å². The first-order valence-electron chi connectivity index (χ1n) is 6.84. The highest BCUT2D eigenvalue weighted by Crippen LogP contribution is 2.21. The van der Waals surface area contributed by atoms with Crippen LogP contribution in [0.15, 0.2) is 36.7 Å². The van der Waals surface area contributed by atoms with Crippen LogP contribution >= 0.6 is 0 Å². The Morgan fingerprint density at radius 1 is 1.00 bits per heavy atom. The van der Waals surface area contributed by atoms with Crippen molar-refractivity contribution in [3.63, 3.8) is 0 Å². The largest absolute Gasteiger partial charge is 0.497 e. The van der Waals surface area contributed by atoms with Crippen molar-refractivity contribution >= 4 is 0 Å². The van der Waals surface area contributed by atoms with Gasteiger partial charge in [0.2, 0.25) is 5.88 Å². The summed E-state index contributed by atoms with van der Waals surface area (Å²) in [7, 11) is 1.63. The van der Waals surface area contributed by atoms with E-state index in [1.54, 1.807) is 19.5 Å². The average molecular weight is 287 g/mol. The number of hydrogen-bond acceptors (Lipinski definition) is 5. The molecule has 1 aromatic carbocycles. The van der Waals surface area contributed by atoms with Gasteiger partial charge in [-0.3, -0.25) is 4.98 Å². The topological polar surface area (TPSA) is 56.3 Å². The van der Waals surface area contributed by atoms with Gasteiger partial charge in [0.1, 0.15) is 11.5 Å². The number of benzene rings is 1. The van der Waals surface area contributed by atoms with Crippen molar-refractivity contribution in [2.24, 2.45) is 0 Å². The summed E-state index contributed by atoms with van der Waals surface area (Å²) in [4.78, 5) is 8.60. The van der Waals surface area contributed by atoms with Crippen molar-refractivity contribution in [1.82, 2.24) is 15.3 Å². The third-order valence-corrected chi connectivity index (χ3v) is 2.76. The SMILES string of the molecule is COc1ccc(Oc2cnc(CNC(C)(C)C)cn2)cc1. The Balaban J connectivity index is 1.95. The van der Waals surface area contributed by atoms with E-state index in [0.29, 0.717) is 18.2 Å². The van der Waals surface area contributed by atoms with Gasteiger partial charge in [0, 0.05) is 12.1 Å². The fourth-order valence-electron chi connectivity index (χ4n) is 1.61. The maximum absolute atomic E-state index is 5.63. The van der Waals surface area contributed by atoms with Crippen LogP contribution in [0.1, 0.15) is 26.5 Å². The van der Waals surface area contributed by atoms with Crippen molar-refractivity contribution < 1.29 is 9.47 Å². The van der Waals surface area contributed by atoms with E-state index < -0.39 is 0 Å². The summed E-state index contributed by atoms with van der Waals surface area (Å²) < 4.78 is 10.7. The number of rotatable bonds is 5. The molecular weight excluding hydrogens is 266 g/mol. The van der Waals surface area contributed by atoms with Gasteiger partial charge < -0.3 is 14.8 Å². The Hall–Kier alpha value is -2.14. The van der Waals surface area contributed by atoms with Crippen LogP contribution in [0.4, 0.5) is 0 Å². The number of nitrogens with one attached hydrogen (secondary N) is 1. The van der Waals surface area contributed by atoms with Gasteiger partial charge in [0.05, 0.1) is 25.2 Å². The number of hydrogen-bond donors (Lipinski definition) is 1. The lowest BCUT2D eigenvalue weighted by Gasteiger charge is -2.19. The molecule has 0 spiro atoms. The fraction of sp³-hybridized carbons (Fsp3) is 0.375. The summed E-state index contributed by atoms with van der Waals surface area (Å²) in [5.74, 6) is 1.96. The van der Waals surface area contributed by atoms with Crippen molar-refractivity contribution in [2.75, 3.05) is 7.11 Å². The quantitative estimate of drug-likeness (QED) is 0.915. The van der Waals surface area contributed by atoms with Crippen LogP contribution in [-0.2, 0) is 6.54 Å². The summed E-state index contributed by atoms with van der Waals surface area (Å²) in [6, 6.07) is 7.33. The minimum Gasteiger partial charge on any atom is -0.497 e.